The van der Waals surface area contributed by atoms with Crippen LogP contribution in [-0.4, -0.2) is 19.9 Å². The molecule has 0 N–H and O–H groups in total. The highest BCUT2D eigenvalue weighted by Gasteiger charge is 2.18. The van der Waals surface area contributed by atoms with Gasteiger partial charge < -0.3 is 4.42 Å². The van der Waals surface area contributed by atoms with Gasteiger partial charge in [-0.25, -0.2) is 19.9 Å². The van der Waals surface area contributed by atoms with E-state index >= 15 is 0 Å². The number of aromatic nitrogens is 4. The van der Waals surface area contributed by atoms with Crippen molar-refractivity contribution in [3.8, 4) is 56.4 Å². The summed E-state index contributed by atoms with van der Waals surface area (Å²) in [7, 11) is 0. The first-order chi connectivity index (χ1) is 23.3. The molecule has 9 aromatic rings. The molecule has 0 radical (unpaired) electrons. The van der Waals surface area contributed by atoms with Gasteiger partial charge in [0.1, 0.15) is 11.1 Å². The molecule has 0 amide bonds. The number of hydrogen-bond acceptors (Lipinski definition) is 5. The minimum atomic E-state index is 0.625. The Hall–Kier alpha value is -6.46. The Balaban J connectivity index is 1.19. The van der Waals surface area contributed by atoms with E-state index in [9.17, 15) is 0 Å². The zero-order valence-electron chi connectivity index (χ0n) is 25.2. The number of nitrogens with zero attached hydrogens (tertiary/aromatic N) is 4. The third-order valence-corrected chi connectivity index (χ3v) is 8.51. The van der Waals surface area contributed by atoms with Crippen LogP contribution in [0, 0.1) is 0 Å². The largest absolute Gasteiger partial charge is 0.454 e. The fourth-order valence-corrected chi connectivity index (χ4v) is 6.25. The standard InChI is InChI=1S/C42H26N4O/c1-3-13-27(14-4-1)40-44-41(28-15-5-2-6-16-28)46-42(45-40)32-20-12-18-30(26-32)29-17-11-19-31(25-29)37-33-21-7-9-23-35(33)43-38-34-22-8-10-24-36(34)47-39(37)38/h1-26H. The van der Waals surface area contributed by atoms with Gasteiger partial charge in [0.05, 0.1) is 5.52 Å². The van der Waals surface area contributed by atoms with Crippen LogP contribution in [0.1, 0.15) is 0 Å². The Morgan fingerprint density at radius 3 is 1.53 bits per heavy atom. The molecule has 0 spiro atoms. The Kier molecular flexibility index (Phi) is 6.39. The van der Waals surface area contributed by atoms with Crippen LogP contribution in [0.4, 0.5) is 0 Å². The van der Waals surface area contributed by atoms with Crippen LogP contribution in [0.25, 0.3) is 89.4 Å². The van der Waals surface area contributed by atoms with Crippen molar-refractivity contribution in [1.29, 1.82) is 0 Å². The van der Waals surface area contributed by atoms with Gasteiger partial charge in [-0.05, 0) is 47.0 Å². The fraction of sp³-hybridized carbons (Fsp3) is 0. The van der Waals surface area contributed by atoms with Gasteiger partial charge in [-0.1, -0.05) is 127 Å². The first-order valence-electron chi connectivity index (χ1n) is 15.6. The number of para-hydroxylation sites is 2. The minimum absolute atomic E-state index is 0.625. The topological polar surface area (TPSA) is 64.7 Å². The molecule has 0 saturated carbocycles. The summed E-state index contributed by atoms with van der Waals surface area (Å²) in [5.41, 5.74) is 10.5. The molecular weight excluding hydrogens is 576 g/mol. The van der Waals surface area contributed by atoms with E-state index in [1.807, 2.05) is 84.9 Å². The summed E-state index contributed by atoms with van der Waals surface area (Å²) >= 11 is 0. The molecule has 0 atom stereocenters. The lowest BCUT2D eigenvalue weighted by Crippen LogP contribution is -2.00. The Morgan fingerprint density at radius 2 is 0.851 bits per heavy atom. The fourth-order valence-electron chi connectivity index (χ4n) is 6.25. The molecule has 0 unspecified atom stereocenters. The van der Waals surface area contributed by atoms with Crippen LogP contribution in [0.5, 0.6) is 0 Å². The Morgan fingerprint density at radius 1 is 0.362 bits per heavy atom. The average molecular weight is 603 g/mol. The van der Waals surface area contributed by atoms with Crippen molar-refractivity contribution in [2.75, 3.05) is 0 Å². The van der Waals surface area contributed by atoms with Crippen LogP contribution in [0.2, 0.25) is 0 Å². The van der Waals surface area contributed by atoms with Crippen molar-refractivity contribution in [1.82, 2.24) is 19.9 Å². The molecule has 0 aliphatic rings. The molecule has 5 nitrogen and oxygen atoms in total. The second kappa shape index (κ2) is 11.2. The SMILES string of the molecule is c1ccc(-c2nc(-c3ccccc3)nc(-c3cccc(-c4cccc(-c5c6ccccc6nc6c5oc5ccccc56)c4)c3)n2)cc1. The highest BCUT2D eigenvalue weighted by atomic mass is 16.3. The highest BCUT2D eigenvalue weighted by Crippen LogP contribution is 2.40. The molecule has 0 aliphatic carbocycles. The summed E-state index contributed by atoms with van der Waals surface area (Å²) in [5.74, 6) is 1.90. The van der Waals surface area contributed by atoms with Crippen molar-refractivity contribution in [3.63, 3.8) is 0 Å². The molecule has 0 fully saturated rings. The van der Waals surface area contributed by atoms with Gasteiger partial charge in [0.2, 0.25) is 0 Å². The maximum absolute atomic E-state index is 6.48. The van der Waals surface area contributed by atoms with E-state index in [-0.39, 0.29) is 0 Å². The predicted molar refractivity (Wildman–Crippen MR) is 190 cm³/mol. The number of pyridine rings is 1. The Labute approximate surface area is 270 Å². The molecule has 0 aliphatic heterocycles. The first kappa shape index (κ1) is 26.9. The van der Waals surface area contributed by atoms with E-state index in [0.29, 0.717) is 17.5 Å². The van der Waals surface area contributed by atoms with Crippen LogP contribution < -0.4 is 0 Å². The van der Waals surface area contributed by atoms with Gasteiger partial charge in [-0.3, -0.25) is 0 Å². The van der Waals surface area contributed by atoms with Crippen molar-refractivity contribution in [2.45, 2.75) is 0 Å². The molecular formula is C42H26N4O. The van der Waals surface area contributed by atoms with Gasteiger partial charge in [0, 0.05) is 33.0 Å². The minimum Gasteiger partial charge on any atom is -0.454 e. The third kappa shape index (κ3) is 4.82. The number of hydrogen-bond donors (Lipinski definition) is 0. The van der Waals surface area contributed by atoms with Gasteiger partial charge >= 0.3 is 0 Å². The number of fused-ring (bicyclic) bond motifs is 4. The maximum Gasteiger partial charge on any atom is 0.164 e. The second-order valence-electron chi connectivity index (χ2n) is 11.5. The van der Waals surface area contributed by atoms with E-state index in [0.717, 1.165) is 71.9 Å². The molecule has 47 heavy (non-hydrogen) atoms. The van der Waals surface area contributed by atoms with Crippen molar-refractivity contribution in [3.05, 3.63) is 158 Å². The zero-order valence-corrected chi connectivity index (χ0v) is 25.2. The lowest BCUT2D eigenvalue weighted by Gasteiger charge is -2.11. The molecule has 0 saturated heterocycles. The van der Waals surface area contributed by atoms with E-state index in [4.69, 9.17) is 24.4 Å². The van der Waals surface area contributed by atoms with E-state index in [1.54, 1.807) is 0 Å². The normalized spacial score (nSPS) is 11.4. The number of furan rings is 1. The van der Waals surface area contributed by atoms with Crippen LogP contribution in [-0.2, 0) is 0 Å². The predicted octanol–water partition coefficient (Wildman–Crippen LogP) is 10.7. The lowest BCUT2D eigenvalue weighted by atomic mass is 9.95. The van der Waals surface area contributed by atoms with Crippen molar-refractivity contribution in [2.24, 2.45) is 0 Å². The van der Waals surface area contributed by atoms with Gasteiger partial charge in [-0.15, -0.1) is 0 Å². The highest BCUT2D eigenvalue weighted by molar-refractivity contribution is 6.15. The molecule has 3 aromatic heterocycles. The smallest absolute Gasteiger partial charge is 0.164 e. The number of rotatable bonds is 5. The molecule has 220 valence electrons. The van der Waals surface area contributed by atoms with Crippen molar-refractivity contribution < 1.29 is 4.42 Å². The Bertz CT molecular complexity index is 2520. The van der Waals surface area contributed by atoms with E-state index < -0.39 is 0 Å². The molecule has 6 aromatic carbocycles. The van der Waals surface area contributed by atoms with E-state index in [1.165, 1.54) is 0 Å². The van der Waals surface area contributed by atoms with Crippen molar-refractivity contribution >= 4 is 33.0 Å². The molecule has 9 rings (SSSR count). The monoisotopic (exact) mass is 602 g/mol. The third-order valence-electron chi connectivity index (χ3n) is 8.51. The summed E-state index contributed by atoms with van der Waals surface area (Å²) < 4.78 is 6.48. The van der Waals surface area contributed by atoms with Gasteiger partial charge in [-0.2, -0.15) is 0 Å². The first-order valence-corrected chi connectivity index (χ1v) is 15.6. The van der Waals surface area contributed by atoms with Gasteiger partial charge in [0.25, 0.3) is 0 Å². The van der Waals surface area contributed by atoms with Crippen LogP contribution in [0.3, 0.4) is 0 Å². The summed E-state index contributed by atoms with van der Waals surface area (Å²) in [6, 6.07) is 53.5. The molecule has 3 heterocycles. The summed E-state index contributed by atoms with van der Waals surface area (Å²) in [6.07, 6.45) is 0. The lowest BCUT2D eigenvalue weighted by molar-refractivity contribution is 0.670. The molecule has 0 bridgehead atoms. The quantitative estimate of drug-likeness (QED) is 0.196. The van der Waals surface area contributed by atoms with Crippen LogP contribution in [0.15, 0.2) is 162 Å². The second-order valence-corrected chi connectivity index (χ2v) is 11.5. The molecule has 5 heteroatoms. The van der Waals surface area contributed by atoms with Crippen LogP contribution >= 0.6 is 0 Å². The zero-order chi connectivity index (χ0) is 31.2. The summed E-state index contributed by atoms with van der Waals surface area (Å²) in [5, 5.41) is 2.07. The number of benzene rings is 6. The summed E-state index contributed by atoms with van der Waals surface area (Å²) in [6.45, 7) is 0. The van der Waals surface area contributed by atoms with E-state index in [2.05, 4.69) is 72.8 Å². The maximum atomic E-state index is 6.48. The summed E-state index contributed by atoms with van der Waals surface area (Å²) in [4.78, 5) is 19.8. The van der Waals surface area contributed by atoms with Gasteiger partial charge in [0.15, 0.2) is 23.1 Å². The average Bonchev–Trinajstić information content (AvgIpc) is 3.52.